The Bertz CT molecular complexity index is 361. The predicted octanol–water partition coefficient (Wildman–Crippen LogP) is 3.50. The van der Waals surface area contributed by atoms with Crippen molar-refractivity contribution < 1.29 is 31.4 Å². The Kier molecular flexibility index (Phi) is 3.56. The number of aryl methyl sites for hydroxylation is 1. The highest BCUT2D eigenvalue weighted by molar-refractivity contribution is 5.42. The molecule has 0 heterocycles. The van der Waals surface area contributed by atoms with Crippen LogP contribution in [0.25, 0.3) is 0 Å². The first-order valence-corrected chi connectivity index (χ1v) is 4.09. The Labute approximate surface area is 87.6 Å². The molecule has 0 radical (unpaired) electrons. The molecule has 0 fully saturated rings. The van der Waals surface area contributed by atoms with Crippen molar-refractivity contribution in [1.82, 2.24) is 0 Å². The third kappa shape index (κ3) is 3.92. The lowest BCUT2D eigenvalue weighted by Crippen LogP contribution is -2.18. The third-order valence-corrected chi connectivity index (χ3v) is 1.54. The number of hydrogen-bond donors (Lipinski definition) is 0. The minimum atomic E-state index is -4.95. The standard InChI is InChI=1S/C9H7F5O2/c1-5-2-3-6(16-9(12,13)14)7(4-5)15-8(10)11/h2-4,8H,1H3. The first kappa shape index (κ1) is 12.5. The molecule has 1 rings (SSSR count). The van der Waals surface area contributed by atoms with E-state index in [4.69, 9.17) is 0 Å². The van der Waals surface area contributed by atoms with Crippen molar-refractivity contribution in [2.24, 2.45) is 0 Å². The van der Waals surface area contributed by atoms with Gasteiger partial charge in [0.2, 0.25) is 0 Å². The summed E-state index contributed by atoms with van der Waals surface area (Å²) >= 11 is 0. The van der Waals surface area contributed by atoms with Gasteiger partial charge in [-0.2, -0.15) is 8.78 Å². The van der Waals surface area contributed by atoms with Gasteiger partial charge in [-0.3, -0.25) is 0 Å². The summed E-state index contributed by atoms with van der Waals surface area (Å²) in [4.78, 5) is 0. The van der Waals surface area contributed by atoms with Crippen LogP contribution in [0, 0.1) is 6.92 Å². The van der Waals surface area contributed by atoms with E-state index in [9.17, 15) is 22.0 Å². The highest BCUT2D eigenvalue weighted by atomic mass is 19.4. The maximum Gasteiger partial charge on any atom is 0.573 e. The fourth-order valence-corrected chi connectivity index (χ4v) is 1.01. The third-order valence-electron chi connectivity index (χ3n) is 1.54. The van der Waals surface area contributed by atoms with Gasteiger partial charge >= 0.3 is 13.0 Å². The van der Waals surface area contributed by atoms with Crippen LogP contribution < -0.4 is 9.47 Å². The van der Waals surface area contributed by atoms with Gasteiger partial charge in [0.1, 0.15) is 0 Å². The summed E-state index contributed by atoms with van der Waals surface area (Å²) in [6, 6.07) is 3.24. The topological polar surface area (TPSA) is 18.5 Å². The Hall–Kier alpha value is -1.53. The monoisotopic (exact) mass is 242 g/mol. The molecule has 0 N–H and O–H groups in total. The molecule has 90 valence electrons. The molecule has 0 aromatic heterocycles. The molecule has 0 amide bonds. The molecule has 2 nitrogen and oxygen atoms in total. The van der Waals surface area contributed by atoms with Crippen molar-refractivity contribution in [2.75, 3.05) is 0 Å². The van der Waals surface area contributed by atoms with Gasteiger partial charge in [-0.1, -0.05) is 6.07 Å². The largest absolute Gasteiger partial charge is 0.573 e. The molecule has 0 unspecified atom stereocenters. The molecule has 0 aliphatic heterocycles. The van der Waals surface area contributed by atoms with E-state index in [1.54, 1.807) is 0 Å². The predicted molar refractivity (Wildman–Crippen MR) is 44.5 cm³/mol. The summed E-state index contributed by atoms with van der Waals surface area (Å²) in [5.74, 6) is -1.44. The number of rotatable bonds is 3. The lowest BCUT2D eigenvalue weighted by atomic mass is 10.2. The van der Waals surface area contributed by atoms with E-state index in [0.29, 0.717) is 5.56 Å². The van der Waals surface area contributed by atoms with E-state index < -0.39 is 24.5 Å². The van der Waals surface area contributed by atoms with Crippen LogP contribution in [0.3, 0.4) is 0 Å². The smallest absolute Gasteiger partial charge is 0.431 e. The van der Waals surface area contributed by atoms with Gasteiger partial charge in [0.25, 0.3) is 0 Å². The number of halogens is 5. The van der Waals surface area contributed by atoms with Crippen molar-refractivity contribution in [3.8, 4) is 11.5 Å². The minimum Gasteiger partial charge on any atom is -0.431 e. The van der Waals surface area contributed by atoms with Crippen LogP contribution in [0.1, 0.15) is 5.56 Å². The molecule has 0 aliphatic rings. The summed E-state index contributed by atoms with van der Waals surface area (Å²) in [5, 5.41) is 0. The first-order valence-electron chi connectivity index (χ1n) is 4.09. The van der Waals surface area contributed by atoms with E-state index >= 15 is 0 Å². The molecule has 0 atom stereocenters. The molecule has 16 heavy (non-hydrogen) atoms. The van der Waals surface area contributed by atoms with Crippen LogP contribution >= 0.6 is 0 Å². The molecule has 0 aliphatic carbocycles. The van der Waals surface area contributed by atoms with E-state index in [1.165, 1.54) is 13.0 Å². The van der Waals surface area contributed by atoms with Crippen LogP contribution in [0.2, 0.25) is 0 Å². The quantitative estimate of drug-likeness (QED) is 0.755. The minimum absolute atomic E-state index is 0.477. The second kappa shape index (κ2) is 4.54. The molecule has 0 bridgehead atoms. The second-order valence-electron chi connectivity index (χ2n) is 2.88. The van der Waals surface area contributed by atoms with E-state index in [1.807, 2.05) is 0 Å². The fourth-order valence-electron chi connectivity index (χ4n) is 1.01. The normalized spacial score (nSPS) is 11.7. The van der Waals surface area contributed by atoms with Gasteiger partial charge in [0, 0.05) is 0 Å². The lowest BCUT2D eigenvalue weighted by Gasteiger charge is -2.13. The van der Waals surface area contributed by atoms with Gasteiger partial charge < -0.3 is 9.47 Å². The summed E-state index contributed by atoms with van der Waals surface area (Å²) in [6.45, 7) is -1.69. The van der Waals surface area contributed by atoms with Gasteiger partial charge in [-0.15, -0.1) is 13.2 Å². The maximum absolute atomic E-state index is 11.9. The van der Waals surface area contributed by atoms with Crippen LogP contribution in [0.4, 0.5) is 22.0 Å². The van der Waals surface area contributed by atoms with E-state index in [2.05, 4.69) is 9.47 Å². The second-order valence-corrected chi connectivity index (χ2v) is 2.88. The Morgan fingerprint density at radius 3 is 2.25 bits per heavy atom. The molecule has 7 heteroatoms. The number of alkyl halides is 5. The summed E-state index contributed by atoms with van der Waals surface area (Å²) in [7, 11) is 0. The summed E-state index contributed by atoms with van der Waals surface area (Å²) < 4.78 is 66.9. The highest BCUT2D eigenvalue weighted by Gasteiger charge is 2.32. The average molecular weight is 242 g/mol. The van der Waals surface area contributed by atoms with E-state index in [-0.39, 0.29) is 0 Å². The zero-order chi connectivity index (χ0) is 12.3. The molecular weight excluding hydrogens is 235 g/mol. The Morgan fingerprint density at radius 1 is 1.12 bits per heavy atom. The molecule has 1 aromatic carbocycles. The molecular formula is C9H7F5O2. The number of benzene rings is 1. The highest BCUT2D eigenvalue weighted by Crippen LogP contribution is 2.33. The van der Waals surface area contributed by atoms with Crippen LogP contribution in [0.15, 0.2) is 18.2 Å². The fraction of sp³-hybridized carbons (Fsp3) is 0.333. The number of ether oxygens (including phenoxy) is 2. The van der Waals surface area contributed by atoms with Gasteiger partial charge in [0.05, 0.1) is 0 Å². The van der Waals surface area contributed by atoms with Crippen molar-refractivity contribution in [3.05, 3.63) is 23.8 Å². The Morgan fingerprint density at radius 2 is 1.75 bits per heavy atom. The first-order chi connectivity index (χ1) is 7.28. The summed E-state index contributed by atoms with van der Waals surface area (Å²) in [5.41, 5.74) is 0.477. The zero-order valence-electron chi connectivity index (χ0n) is 8.02. The molecule has 0 saturated heterocycles. The molecule has 0 saturated carbocycles. The van der Waals surface area contributed by atoms with E-state index in [0.717, 1.165) is 12.1 Å². The van der Waals surface area contributed by atoms with Crippen LogP contribution in [0.5, 0.6) is 11.5 Å². The Balaban J connectivity index is 2.98. The average Bonchev–Trinajstić information content (AvgIpc) is 2.06. The molecule has 1 aromatic rings. The van der Waals surface area contributed by atoms with Crippen molar-refractivity contribution in [2.45, 2.75) is 19.9 Å². The number of hydrogen-bond acceptors (Lipinski definition) is 2. The SMILES string of the molecule is Cc1ccc(OC(F)(F)F)c(OC(F)F)c1. The van der Waals surface area contributed by atoms with Crippen LogP contribution in [-0.4, -0.2) is 13.0 Å². The van der Waals surface area contributed by atoms with Crippen molar-refractivity contribution >= 4 is 0 Å². The van der Waals surface area contributed by atoms with Gasteiger partial charge in [0.15, 0.2) is 11.5 Å². The van der Waals surface area contributed by atoms with Gasteiger partial charge in [-0.05, 0) is 24.6 Å². The lowest BCUT2D eigenvalue weighted by molar-refractivity contribution is -0.275. The van der Waals surface area contributed by atoms with Gasteiger partial charge in [-0.25, -0.2) is 0 Å². The zero-order valence-corrected chi connectivity index (χ0v) is 8.02. The summed E-state index contributed by atoms with van der Waals surface area (Å²) in [6.07, 6.45) is -4.95. The maximum atomic E-state index is 11.9. The van der Waals surface area contributed by atoms with Crippen LogP contribution in [-0.2, 0) is 0 Å². The molecule has 0 spiro atoms. The van der Waals surface area contributed by atoms with Crippen molar-refractivity contribution in [3.63, 3.8) is 0 Å². The van der Waals surface area contributed by atoms with Crippen molar-refractivity contribution in [1.29, 1.82) is 0 Å².